The van der Waals surface area contributed by atoms with Crippen molar-refractivity contribution in [3.05, 3.63) is 40.8 Å². The van der Waals surface area contributed by atoms with Gasteiger partial charge in [0.05, 0.1) is 4.47 Å². The van der Waals surface area contributed by atoms with Crippen molar-refractivity contribution in [3.63, 3.8) is 0 Å². The standard InChI is InChI=1S/C10H11BrN6/c11-8-6-15-10(17-12)16-9(8)14-5-7-2-1-3-13-4-7/h1-4,6H,5,12H2,(H2,14,15,16,17). The fourth-order valence-corrected chi connectivity index (χ4v) is 1.58. The van der Waals surface area contributed by atoms with Crippen LogP contribution in [0.15, 0.2) is 35.2 Å². The van der Waals surface area contributed by atoms with E-state index >= 15 is 0 Å². The average Bonchev–Trinajstić information content (AvgIpc) is 2.39. The molecule has 0 amide bonds. The molecule has 0 aromatic carbocycles. The van der Waals surface area contributed by atoms with E-state index in [-0.39, 0.29) is 0 Å². The van der Waals surface area contributed by atoms with Crippen LogP contribution in [0.5, 0.6) is 0 Å². The van der Waals surface area contributed by atoms with Gasteiger partial charge in [0, 0.05) is 25.1 Å². The number of hydrazine groups is 1. The zero-order valence-corrected chi connectivity index (χ0v) is 10.5. The fraction of sp³-hybridized carbons (Fsp3) is 0.100. The van der Waals surface area contributed by atoms with Crippen molar-refractivity contribution >= 4 is 27.7 Å². The molecule has 7 heteroatoms. The molecule has 0 spiro atoms. The Morgan fingerprint density at radius 1 is 1.35 bits per heavy atom. The number of nitrogen functional groups attached to an aromatic ring is 1. The van der Waals surface area contributed by atoms with Crippen LogP contribution in [0.4, 0.5) is 11.8 Å². The first-order valence-corrected chi connectivity index (χ1v) is 5.71. The summed E-state index contributed by atoms with van der Waals surface area (Å²) < 4.78 is 0.778. The molecule has 4 N–H and O–H groups in total. The first-order valence-electron chi connectivity index (χ1n) is 4.91. The lowest BCUT2D eigenvalue weighted by Crippen LogP contribution is -2.12. The van der Waals surface area contributed by atoms with Gasteiger partial charge in [-0.2, -0.15) is 4.98 Å². The number of aromatic nitrogens is 3. The van der Waals surface area contributed by atoms with Crippen LogP contribution in [0, 0.1) is 0 Å². The molecule has 0 unspecified atom stereocenters. The monoisotopic (exact) mass is 294 g/mol. The minimum Gasteiger partial charge on any atom is -0.365 e. The third kappa shape index (κ3) is 3.11. The van der Waals surface area contributed by atoms with E-state index in [1.807, 2.05) is 12.1 Å². The van der Waals surface area contributed by atoms with E-state index in [1.165, 1.54) is 0 Å². The highest BCUT2D eigenvalue weighted by atomic mass is 79.9. The maximum Gasteiger partial charge on any atom is 0.239 e. The summed E-state index contributed by atoms with van der Waals surface area (Å²) in [5.74, 6) is 6.29. The molecule has 2 rings (SSSR count). The number of rotatable bonds is 4. The molecule has 0 aliphatic carbocycles. The van der Waals surface area contributed by atoms with Crippen molar-refractivity contribution in [3.8, 4) is 0 Å². The molecule has 0 bridgehead atoms. The molecule has 2 heterocycles. The molecule has 2 aromatic rings. The van der Waals surface area contributed by atoms with Gasteiger partial charge in [-0.25, -0.2) is 10.8 Å². The molecule has 88 valence electrons. The number of nitrogens with two attached hydrogens (primary N) is 1. The second-order valence-electron chi connectivity index (χ2n) is 3.25. The Bertz CT molecular complexity index is 489. The van der Waals surface area contributed by atoms with Crippen LogP contribution in [0.1, 0.15) is 5.56 Å². The largest absolute Gasteiger partial charge is 0.365 e. The molecule has 0 fully saturated rings. The normalized spacial score (nSPS) is 10.0. The van der Waals surface area contributed by atoms with E-state index in [9.17, 15) is 0 Å². The highest BCUT2D eigenvalue weighted by molar-refractivity contribution is 9.10. The summed E-state index contributed by atoms with van der Waals surface area (Å²) in [6.07, 6.45) is 5.17. The molecule has 0 saturated heterocycles. The zero-order chi connectivity index (χ0) is 12.1. The smallest absolute Gasteiger partial charge is 0.239 e. The van der Waals surface area contributed by atoms with Gasteiger partial charge >= 0.3 is 0 Å². The Kier molecular flexibility index (Phi) is 3.84. The summed E-state index contributed by atoms with van der Waals surface area (Å²) >= 11 is 3.36. The summed E-state index contributed by atoms with van der Waals surface area (Å²) in [4.78, 5) is 12.2. The fourth-order valence-electron chi connectivity index (χ4n) is 1.25. The number of anilines is 2. The Morgan fingerprint density at radius 2 is 2.24 bits per heavy atom. The third-order valence-corrected chi connectivity index (χ3v) is 2.64. The lowest BCUT2D eigenvalue weighted by atomic mass is 10.3. The number of nitrogens with zero attached hydrogens (tertiary/aromatic N) is 3. The summed E-state index contributed by atoms with van der Waals surface area (Å²) in [5, 5.41) is 3.17. The lowest BCUT2D eigenvalue weighted by Gasteiger charge is -2.08. The molecular weight excluding hydrogens is 284 g/mol. The van der Waals surface area contributed by atoms with Gasteiger partial charge in [0.15, 0.2) is 0 Å². The lowest BCUT2D eigenvalue weighted by molar-refractivity contribution is 1.05. The van der Waals surface area contributed by atoms with Crippen LogP contribution in [-0.4, -0.2) is 15.0 Å². The maximum atomic E-state index is 5.25. The number of halogens is 1. The second-order valence-corrected chi connectivity index (χ2v) is 4.10. The second kappa shape index (κ2) is 5.55. The minimum absolute atomic E-state index is 0.363. The summed E-state index contributed by atoms with van der Waals surface area (Å²) in [5.41, 5.74) is 3.47. The first kappa shape index (κ1) is 11.7. The van der Waals surface area contributed by atoms with Crippen LogP contribution in [0.25, 0.3) is 0 Å². The van der Waals surface area contributed by atoms with E-state index < -0.39 is 0 Å². The van der Waals surface area contributed by atoms with E-state index in [0.29, 0.717) is 18.3 Å². The number of hydrogen-bond donors (Lipinski definition) is 3. The van der Waals surface area contributed by atoms with Crippen LogP contribution in [0.2, 0.25) is 0 Å². The molecule has 0 saturated carbocycles. The predicted octanol–water partition coefficient (Wildman–Crippen LogP) is 1.53. The number of pyridine rings is 1. The van der Waals surface area contributed by atoms with E-state index in [2.05, 4.69) is 41.6 Å². The first-order chi connectivity index (χ1) is 8.29. The highest BCUT2D eigenvalue weighted by Crippen LogP contribution is 2.20. The Labute approximate surface area is 107 Å². The quantitative estimate of drug-likeness (QED) is 0.585. The van der Waals surface area contributed by atoms with E-state index in [1.54, 1.807) is 18.6 Å². The van der Waals surface area contributed by atoms with Crippen molar-refractivity contribution in [1.82, 2.24) is 15.0 Å². The molecule has 0 aliphatic rings. The van der Waals surface area contributed by atoms with Gasteiger partial charge < -0.3 is 5.32 Å². The van der Waals surface area contributed by atoms with E-state index in [4.69, 9.17) is 5.84 Å². The van der Waals surface area contributed by atoms with Crippen molar-refractivity contribution in [2.75, 3.05) is 10.7 Å². The SMILES string of the molecule is NNc1ncc(Br)c(NCc2cccnc2)n1. The molecule has 2 aromatic heterocycles. The van der Waals surface area contributed by atoms with Crippen LogP contribution in [-0.2, 0) is 6.54 Å². The summed E-state index contributed by atoms with van der Waals surface area (Å²) in [7, 11) is 0. The Balaban J connectivity index is 2.08. The van der Waals surface area contributed by atoms with Crippen LogP contribution in [0.3, 0.4) is 0 Å². The van der Waals surface area contributed by atoms with Crippen molar-refractivity contribution in [2.24, 2.45) is 5.84 Å². The highest BCUT2D eigenvalue weighted by Gasteiger charge is 2.03. The zero-order valence-electron chi connectivity index (χ0n) is 8.89. The Morgan fingerprint density at radius 3 is 2.94 bits per heavy atom. The third-order valence-electron chi connectivity index (χ3n) is 2.06. The summed E-state index contributed by atoms with van der Waals surface area (Å²) in [6, 6.07) is 3.87. The molecule has 6 nitrogen and oxygen atoms in total. The van der Waals surface area contributed by atoms with Gasteiger partial charge in [0.25, 0.3) is 0 Å². The van der Waals surface area contributed by atoms with Crippen LogP contribution < -0.4 is 16.6 Å². The molecule has 0 radical (unpaired) electrons. The molecular formula is C10H11BrN6. The van der Waals surface area contributed by atoms with Gasteiger partial charge in [0.2, 0.25) is 5.95 Å². The molecule has 17 heavy (non-hydrogen) atoms. The molecule has 0 aliphatic heterocycles. The number of nitrogens with one attached hydrogen (secondary N) is 2. The maximum absolute atomic E-state index is 5.25. The summed E-state index contributed by atoms with van der Waals surface area (Å²) in [6.45, 7) is 0.632. The average molecular weight is 295 g/mol. The minimum atomic E-state index is 0.363. The van der Waals surface area contributed by atoms with E-state index in [0.717, 1.165) is 10.0 Å². The van der Waals surface area contributed by atoms with Crippen molar-refractivity contribution < 1.29 is 0 Å². The topological polar surface area (TPSA) is 88.8 Å². The van der Waals surface area contributed by atoms with Gasteiger partial charge in [-0.05, 0) is 27.6 Å². The van der Waals surface area contributed by atoms with Crippen LogP contribution >= 0.6 is 15.9 Å². The predicted molar refractivity (Wildman–Crippen MR) is 69.1 cm³/mol. The van der Waals surface area contributed by atoms with Gasteiger partial charge in [-0.3, -0.25) is 10.4 Å². The van der Waals surface area contributed by atoms with Crippen molar-refractivity contribution in [2.45, 2.75) is 6.54 Å². The van der Waals surface area contributed by atoms with Gasteiger partial charge in [-0.15, -0.1) is 0 Å². The van der Waals surface area contributed by atoms with Gasteiger partial charge in [0.1, 0.15) is 5.82 Å². The van der Waals surface area contributed by atoms with Crippen molar-refractivity contribution in [1.29, 1.82) is 0 Å². The Hall–Kier alpha value is -1.73. The van der Waals surface area contributed by atoms with Gasteiger partial charge in [-0.1, -0.05) is 6.07 Å². The molecule has 0 atom stereocenters. The number of hydrogen-bond acceptors (Lipinski definition) is 6.